The van der Waals surface area contributed by atoms with E-state index in [1.165, 1.54) is 0 Å². The van der Waals surface area contributed by atoms with Crippen molar-refractivity contribution >= 4 is 5.82 Å². The van der Waals surface area contributed by atoms with Gasteiger partial charge in [-0.25, -0.2) is 9.97 Å². The summed E-state index contributed by atoms with van der Waals surface area (Å²) in [5, 5.41) is 8.04. The molecule has 2 aromatic rings. The average molecular weight is 328 g/mol. The Morgan fingerprint density at radius 2 is 2.04 bits per heavy atom. The number of hydrogen-bond acceptors (Lipinski definition) is 5. The van der Waals surface area contributed by atoms with Gasteiger partial charge in [-0.05, 0) is 46.1 Å². The van der Waals surface area contributed by atoms with Crippen LogP contribution in [0, 0.1) is 13.8 Å². The number of anilines is 1. The molecule has 3 heterocycles. The molecule has 0 amide bonds. The lowest BCUT2D eigenvalue weighted by molar-refractivity contribution is 0.353. The highest BCUT2D eigenvalue weighted by molar-refractivity contribution is 5.40. The number of piperidine rings is 1. The molecule has 0 aromatic carbocycles. The minimum Gasteiger partial charge on any atom is -0.356 e. The zero-order valence-electron chi connectivity index (χ0n) is 14.9. The van der Waals surface area contributed by atoms with Crippen molar-refractivity contribution in [2.45, 2.75) is 58.7 Å². The summed E-state index contributed by atoms with van der Waals surface area (Å²) in [4.78, 5) is 11.3. The third-order valence-corrected chi connectivity index (χ3v) is 4.64. The lowest BCUT2D eigenvalue weighted by Crippen LogP contribution is -2.46. The van der Waals surface area contributed by atoms with Gasteiger partial charge in [0.25, 0.3) is 0 Å². The van der Waals surface area contributed by atoms with Gasteiger partial charge < -0.3 is 10.2 Å². The molecule has 6 heteroatoms. The maximum Gasteiger partial charge on any atom is 0.132 e. The lowest BCUT2D eigenvalue weighted by atomic mass is 10.0. The topological polar surface area (TPSA) is 58.9 Å². The van der Waals surface area contributed by atoms with Crippen LogP contribution in [0.5, 0.6) is 0 Å². The van der Waals surface area contributed by atoms with Crippen LogP contribution in [0.2, 0.25) is 0 Å². The number of aromatic nitrogens is 4. The summed E-state index contributed by atoms with van der Waals surface area (Å²) in [6.07, 6.45) is 7.29. The Balaban J connectivity index is 1.44. The summed E-state index contributed by atoms with van der Waals surface area (Å²) in [5.74, 6) is 1.93. The second-order valence-corrected chi connectivity index (χ2v) is 6.80. The van der Waals surface area contributed by atoms with E-state index < -0.39 is 0 Å². The standard InChI is InChI=1S/C18H28N6/c1-14(5-12-24-9-4-8-19-24)21-17-6-10-23(11-7-17)18-13-15(2)20-16(3)22-18/h4,8-9,13-14,17,21H,5-7,10-12H2,1-3H3. The van der Waals surface area contributed by atoms with E-state index in [-0.39, 0.29) is 0 Å². The summed E-state index contributed by atoms with van der Waals surface area (Å²) in [7, 11) is 0. The Hall–Kier alpha value is -1.95. The molecule has 3 rings (SSSR count). The van der Waals surface area contributed by atoms with E-state index in [4.69, 9.17) is 0 Å². The van der Waals surface area contributed by atoms with Gasteiger partial charge in [0.1, 0.15) is 11.6 Å². The molecule has 130 valence electrons. The Morgan fingerprint density at radius 1 is 1.25 bits per heavy atom. The highest BCUT2D eigenvalue weighted by atomic mass is 15.3. The first-order valence-electron chi connectivity index (χ1n) is 8.91. The van der Waals surface area contributed by atoms with Crippen LogP contribution in [-0.4, -0.2) is 44.9 Å². The summed E-state index contributed by atoms with van der Waals surface area (Å²) in [6.45, 7) is 9.35. The van der Waals surface area contributed by atoms with E-state index in [0.717, 1.165) is 56.2 Å². The molecule has 1 atom stereocenters. The number of rotatable bonds is 6. The predicted molar refractivity (Wildman–Crippen MR) is 96.2 cm³/mol. The van der Waals surface area contributed by atoms with Crippen LogP contribution < -0.4 is 10.2 Å². The third kappa shape index (κ3) is 4.54. The van der Waals surface area contributed by atoms with Gasteiger partial charge in [0, 0.05) is 55.9 Å². The first-order valence-corrected chi connectivity index (χ1v) is 8.91. The first kappa shape index (κ1) is 16.9. The Morgan fingerprint density at radius 3 is 2.71 bits per heavy atom. The molecular formula is C18H28N6. The van der Waals surface area contributed by atoms with Crippen LogP contribution in [0.3, 0.4) is 0 Å². The molecule has 0 bridgehead atoms. The van der Waals surface area contributed by atoms with E-state index in [2.05, 4.69) is 38.3 Å². The van der Waals surface area contributed by atoms with E-state index >= 15 is 0 Å². The van der Waals surface area contributed by atoms with Crippen molar-refractivity contribution in [1.29, 1.82) is 0 Å². The van der Waals surface area contributed by atoms with Gasteiger partial charge in [-0.3, -0.25) is 4.68 Å². The molecule has 1 fully saturated rings. The van der Waals surface area contributed by atoms with Crippen LogP contribution >= 0.6 is 0 Å². The van der Waals surface area contributed by atoms with Crippen molar-refractivity contribution in [3.8, 4) is 0 Å². The van der Waals surface area contributed by atoms with Crippen LogP contribution in [0.25, 0.3) is 0 Å². The molecule has 1 aliphatic heterocycles. The lowest BCUT2D eigenvalue weighted by Gasteiger charge is -2.34. The number of hydrogen-bond donors (Lipinski definition) is 1. The number of aryl methyl sites for hydroxylation is 3. The van der Waals surface area contributed by atoms with Crippen molar-refractivity contribution in [3.63, 3.8) is 0 Å². The van der Waals surface area contributed by atoms with Crippen molar-refractivity contribution < 1.29 is 0 Å². The fourth-order valence-corrected chi connectivity index (χ4v) is 3.38. The molecule has 0 aliphatic carbocycles. The summed E-state index contributed by atoms with van der Waals surface area (Å²) in [6, 6.07) is 5.17. The quantitative estimate of drug-likeness (QED) is 0.882. The summed E-state index contributed by atoms with van der Waals surface area (Å²) >= 11 is 0. The molecule has 0 radical (unpaired) electrons. The maximum absolute atomic E-state index is 4.59. The van der Waals surface area contributed by atoms with E-state index in [1.807, 2.05) is 37.0 Å². The molecule has 1 N–H and O–H groups in total. The van der Waals surface area contributed by atoms with E-state index in [0.29, 0.717) is 12.1 Å². The van der Waals surface area contributed by atoms with Crippen LogP contribution in [0.4, 0.5) is 5.82 Å². The van der Waals surface area contributed by atoms with Crippen molar-refractivity contribution in [3.05, 3.63) is 36.0 Å². The van der Waals surface area contributed by atoms with Gasteiger partial charge in [0.2, 0.25) is 0 Å². The molecule has 1 saturated heterocycles. The molecule has 1 aliphatic rings. The second kappa shape index (κ2) is 7.75. The highest BCUT2D eigenvalue weighted by Crippen LogP contribution is 2.19. The Kier molecular flexibility index (Phi) is 5.45. The average Bonchev–Trinajstić information content (AvgIpc) is 3.06. The first-order chi connectivity index (χ1) is 11.6. The summed E-state index contributed by atoms with van der Waals surface area (Å²) < 4.78 is 2.00. The molecular weight excluding hydrogens is 300 g/mol. The monoisotopic (exact) mass is 328 g/mol. The molecule has 0 saturated carbocycles. The second-order valence-electron chi connectivity index (χ2n) is 6.80. The fraction of sp³-hybridized carbons (Fsp3) is 0.611. The van der Waals surface area contributed by atoms with Gasteiger partial charge >= 0.3 is 0 Å². The Labute approximate surface area is 144 Å². The van der Waals surface area contributed by atoms with Gasteiger partial charge in [-0.15, -0.1) is 0 Å². The maximum atomic E-state index is 4.59. The van der Waals surface area contributed by atoms with Crippen LogP contribution in [-0.2, 0) is 6.54 Å². The molecule has 24 heavy (non-hydrogen) atoms. The molecule has 2 aromatic heterocycles. The largest absolute Gasteiger partial charge is 0.356 e. The smallest absolute Gasteiger partial charge is 0.132 e. The number of nitrogens with zero attached hydrogens (tertiary/aromatic N) is 5. The zero-order valence-corrected chi connectivity index (χ0v) is 14.9. The minimum absolute atomic E-state index is 0.509. The van der Waals surface area contributed by atoms with Crippen LogP contribution in [0.1, 0.15) is 37.7 Å². The van der Waals surface area contributed by atoms with Crippen LogP contribution in [0.15, 0.2) is 24.5 Å². The summed E-state index contributed by atoms with van der Waals surface area (Å²) in [5.41, 5.74) is 1.05. The molecule has 1 unspecified atom stereocenters. The fourth-order valence-electron chi connectivity index (χ4n) is 3.38. The Bertz CT molecular complexity index is 611. The van der Waals surface area contributed by atoms with Crippen molar-refractivity contribution in [2.24, 2.45) is 0 Å². The molecule has 0 spiro atoms. The van der Waals surface area contributed by atoms with Gasteiger partial charge in [-0.2, -0.15) is 5.10 Å². The SMILES string of the molecule is Cc1cc(N2CCC(NC(C)CCn3cccn3)CC2)nc(C)n1. The van der Waals surface area contributed by atoms with Crippen molar-refractivity contribution in [2.75, 3.05) is 18.0 Å². The highest BCUT2D eigenvalue weighted by Gasteiger charge is 2.21. The van der Waals surface area contributed by atoms with E-state index in [1.54, 1.807) is 0 Å². The van der Waals surface area contributed by atoms with Gasteiger partial charge in [-0.1, -0.05) is 0 Å². The van der Waals surface area contributed by atoms with E-state index in [9.17, 15) is 0 Å². The normalized spacial score (nSPS) is 17.2. The third-order valence-electron chi connectivity index (χ3n) is 4.64. The minimum atomic E-state index is 0.509. The van der Waals surface area contributed by atoms with Gasteiger partial charge in [0.05, 0.1) is 0 Å². The van der Waals surface area contributed by atoms with Crippen molar-refractivity contribution in [1.82, 2.24) is 25.1 Å². The predicted octanol–water partition coefficient (Wildman–Crippen LogP) is 2.33. The molecule has 6 nitrogen and oxygen atoms in total. The zero-order chi connectivity index (χ0) is 16.9. The number of nitrogens with one attached hydrogen (secondary N) is 1. The van der Waals surface area contributed by atoms with Gasteiger partial charge in [0.15, 0.2) is 0 Å².